The minimum absolute atomic E-state index is 0.518. The fraction of sp³-hybridized carbons (Fsp3) is 0.381. The summed E-state index contributed by atoms with van der Waals surface area (Å²) in [6, 6.07) is 13.5. The van der Waals surface area contributed by atoms with E-state index in [1.54, 1.807) is 6.07 Å². The Bertz CT molecular complexity index is 832. The standard InChI is InChI=1S/C11H14ClNO.C10H14ClN.Cl3OP/c1-3-13(4-2)10-6-5-9(8-14)11(12)7-10;1-3-12(4-2)10-7-5-6-9(11)8-10;1-5(2,3)4/h5-8H,3-4H2,1-2H3;5-8H,3-4H2,1-2H3;. The van der Waals surface area contributed by atoms with Crippen LogP contribution in [0.25, 0.3) is 0 Å². The molecule has 0 atom stereocenters. The van der Waals surface area contributed by atoms with Crippen LogP contribution in [0.4, 0.5) is 11.4 Å². The Hall–Kier alpha value is -0.610. The fourth-order valence-electron chi connectivity index (χ4n) is 2.66. The highest BCUT2D eigenvalue weighted by Crippen LogP contribution is 2.61. The molecular formula is C21H28Cl5N2O2P. The van der Waals surface area contributed by atoms with Crippen molar-refractivity contribution in [2.45, 2.75) is 27.7 Å². The van der Waals surface area contributed by atoms with Crippen molar-refractivity contribution in [2.75, 3.05) is 36.0 Å². The van der Waals surface area contributed by atoms with E-state index in [0.717, 1.165) is 43.2 Å². The number of aldehydes is 1. The van der Waals surface area contributed by atoms with E-state index in [0.29, 0.717) is 10.6 Å². The highest BCUT2D eigenvalue weighted by molar-refractivity contribution is 8.24. The molecule has 0 saturated heterocycles. The predicted molar refractivity (Wildman–Crippen MR) is 141 cm³/mol. The molecule has 2 aromatic rings. The average molecular weight is 549 g/mol. The van der Waals surface area contributed by atoms with Crippen molar-refractivity contribution in [3.05, 3.63) is 58.1 Å². The molecule has 4 nitrogen and oxygen atoms in total. The van der Waals surface area contributed by atoms with Gasteiger partial charge in [0.05, 0.1) is 5.02 Å². The summed E-state index contributed by atoms with van der Waals surface area (Å²) in [5, 5.41) is -1.90. The SMILES string of the molecule is CCN(CC)c1ccc(C=O)c(Cl)c1.CCN(CC)c1cccc(Cl)c1.O=P(Cl)(Cl)Cl. The molecule has 0 saturated carbocycles. The minimum Gasteiger partial charge on any atom is -0.372 e. The summed E-state index contributed by atoms with van der Waals surface area (Å²) in [5.41, 5.74) is 2.81. The quantitative estimate of drug-likeness (QED) is 0.256. The summed E-state index contributed by atoms with van der Waals surface area (Å²) in [6.45, 7) is 12.4. The second-order valence-electron chi connectivity index (χ2n) is 6.05. The topological polar surface area (TPSA) is 40.6 Å². The Kier molecular flexibility index (Phi) is 15.8. The Morgan fingerprint density at radius 2 is 1.26 bits per heavy atom. The number of benzene rings is 2. The van der Waals surface area contributed by atoms with Gasteiger partial charge in [0.25, 0.3) is 0 Å². The van der Waals surface area contributed by atoms with Gasteiger partial charge in [-0.25, -0.2) is 0 Å². The lowest BCUT2D eigenvalue weighted by atomic mass is 10.2. The van der Waals surface area contributed by atoms with E-state index in [9.17, 15) is 9.36 Å². The van der Waals surface area contributed by atoms with E-state index < -0.39 is 5.20 Å². The maximum Gasteiger partial charge on any atom is 0.339 e. The van der Waals surface area contributed by atoms with Crippen molar-refractivity contribution in [3.63, 3.8) is 0 Å². The van der Waals surface area contributed by atoms with Crippen molar-refractivity contribution >= 4 is 79.8 Å². The maximum atomic E-state index is 10.5. The Morgan fingerprint density at radius 3 is 1.61 bits per heavy atom. The van der Waals surface area contributed by atoms with Gasteiger partial charge in [0.2, 0.25) is 0 Å². The Morgan fingerprint density at radius 1 is 0.806 bits per heavy atom. The Balaban J connectivity index is 0.000000483. The second-order valence-corrected chi connectivity index (χ2v) is 13.5. The molecule has 2 rings (SSSR count). The fourth-order valence-corrected chi connectivity index (χ4v) is 3.06. The lowest BCUT2D eigenvalue weighted by Gasteiger charge is -2.21. The van der Waals surface area contributed by atoms with Gasteiger partial charge in [-0.15, -0.1) is 0 Å². The first-order valence-electron chi connectivity index (χ1n) is 9.69. The van der Waals surface area contributed by atoms with Crippen LogP contribution in [0, 0.1) is 0 Å². The first-order valence-corrected chi connectivity index (χ1v) is 14.9. The zero-order chi connectivity index (χ0) is 24.0. The van der Waals surface area contributed by atoms with Crippen LogP contribution >= 0.6 is 62.1 Å². The van der Waals surface area contributed by atoms with Gasteiger partial charge in [0, 0.05) is 48.1 Å². The molecule has 0 aliphatic heterocycles. The highest BCUT2D eigenvalue weighted by Gasteiger charge is 2.05. The number of nitrogens with zero attached hydrogens (tertiary/aromatic N) is 2. The van der Waals surface area contributed by atoms with E-state index in [2.05, 4.69) is 77.3 Å². The summed E-state index contributed by atoms with van der Waals surface area (Å²) in [7, 11) is 0. The summed E-state index contributed by atoms with van der Waals surface area (Å²) in [5.74, 6) is 0. The van der Waals surface area contributed by atoms with Crippen LogP contribution in [0.3, 0.4) is 0 Å². The van der Waals surface area contributed by atoms with E-state index >= 15 is 0 Å². The first kappa shape index (κ1) is 30.4. The van der Waals surface area contributed by atoms with Gasteiger partial charge in [0.1, 0.15) is 0 Å². The van der Waals surface area contributed by atoms with Crippen LogP contribution in [0.2, 0.25) is 10.0 Å². The van der Waals surface area contributed by atoms with E-state index in [4.69, 9.17) is 23.2 Å². The number of halogens is 5. The van der Waals surface area contributed by atoms with E-state index in [-0.39, 0.29) is 0 Å². The molecule has 0 unspecified atom stereocenters. The van der Waals surface area contributed by atoms with Crippen molar-refractivity contribution in [1.82, 2.24) is 0 Å². The second kappa shape index (κ2) is 16.1. The zero-order valence-corrected chi connectivity index (χ0v) is 22.7. The molecule has 0 amide bonds. The summed E-state index contributed by atoms with van der Waals surface area (Å²) >= 11 is 25.7. The minimum atomic E-state index is -3.22. The van der Waals surface area contributed by atoms with E-state index in [1.807, 2.05) is 30.3 Å². The average Bonchev–Trinajstić information content (AvgIpc) is 2.69. The van der Waals surface area contributed by atoms with E-state index in [1.165, 1.54) is 5.69 Å². The number of rotatable bonds is 7. The molecule has 0 N–H and O–H groups in total. The molecule has 174 valence electrons. The monoisotopic (exact) mass is 546 g/mol. The summed E-state index contributed by atoms with van der Waals surface area (Å²) < 4.78 is 9.51. The maximum absolute atomic E-state index is 10.5. The number of hydrogen-bond acceptors (Lipinski definition) is 4. The smallest absolute Gasteiger partial charge is 0.339 e. The number of carbonyl (C=O) groups is 1. The molecular weight excluding hydrogens is 520 g/mol. The molecule has 0 spiro atoms. The molecule has 0 fully saturated rings. The normalized spacial score (nSPS) is 10.2. The zero-order valence-electron chi connectivity index (χ0n) is 18.0. The van der Waals surface area contributed by atoms with Gasteiger partial charge in [-0.3, -0.25) is 9.36 Å². The Labute approximate surface area is 210 Å². The van der Waals surface area contributed by atoms with Crippen LogP contribution in [-0.4, -0.2) is 32.5 Å². The van der Waals surface area contributed by atoms with Crippen molar-refractivity contribution < 1.29 is 9.36 Å². The van der Waals surface area contributed by atoms with Gasteiger partial charge < -0.3 is 9.80 Å². The summed E-state index contributed by atoms with van der Waals surface area (Å²) in [4.78, 5) is 15.0. The molecule has 0 aliphatic rings. The van der Waals surface area contributed by atoms with Gasteiger partial charge >= 0.3 is 5.20 Å². The van der Waals surface area contributed by atoms with Crippen LogP contribution in [0.1, 0.15) is 38.1 Å². The number of anilines is 2. The van der Waals surface area contributed by atoms with Crippen LogP contribution in [0.5, 0.6) is 0 Å². The third-order valence-corrected chi connectivity index (χ3v) is 4.74. The molecule has 0 radical (unpaired) electrons. The van der Waals surface area contributed by atoms with Gasteiger partial charge in [-0.2, -0.15) is 0 Å². The molecule has 0 aromatic heterocycles. The first-order chi connectivity index (χ1) is 14.5. The largest absolute Gasteiger partial charge is 0.372 e. The van der Waals surface area contributed by atoms with Crippen molar-refractivity contribution in [1.29, 1.82) is 0 Å². The molecule has 0 aliphatic carbocycles. The number of carbonyl (C=O) groups excluding carboxylic acids is 1. The lowest BCUT2D eigenvalue weighted by Crippen LogP contribution is -2.21. The molecule has 0 heterocycles. The third-order valence-electron chi connectivity index (χ3n) is 4.18. The predicted octanol–water partition coefficient (Wildman–Crippen LogP) is 9.00. The van der Waals surface area contributed by atoms with Crippen LogP contribution in [0.15, 0.2) is 42.5 Å². The van der Waals surface area contributed by atoms with Crippen molar-refractivity contribution in [3.8, 4) is 0 Å². The van der Waals surface area contributed by atoms with Gasteiger partial charge in [-0.05, 0) is 97.8 Å². The molecule has 10 heteroatoms. The van der Waals surface area contributed by atoms with Crippen LogP contribution in [-0.2, 0) is 4.57 Å². The number of hydrogen-bond donors (Lipinski definition) is 0. The van der Waals surface area contributed by atoms with Gasteiger partial charge in [-0.1, -0.05) is 29.3 Å². The molecule has 2 aromatic carbocycles. The van der Waals surface area contributed by atoms with Crippen LogP contribution < -0.4 is 9.80 Å². The summed E-state index contributed by atoms with van der Waals surface area (Å²) in [6.07, 6.45) is 0.772. The highest BCUT2D eigenvalue weighted by atomic mass is 36.0. The molecule has 0 bridgehead atoms. The lowest BCUT2D eigenvalue weighted by molar-refractivity contribution is 0.112. The molecule has 31 heavy (non-hydrogen) atoms. The van der Waals surface area contributed by atoms with Crippen molar-refractivity contribution in [2.24, 2.45) is 0 Å². The third kappa shape index (κ3) is 13.5. The van der Waals surface area contributed by atoms with Gasteiger partial charge in [0.15, 0.2) is 6.29 Å².